The van der Waals surface area contributed by atoms with Crippen LogP contribution >= 0.6 is 0 Å². The molecule has 1 aromatic heterocycles. The molecule has 1 aromatic carbocycles. The molecule has 3 rings (SSSR count). The lowest BCUT2D eigenvalue weighted by molar-refractivity contribution is 0.0315. The van der Waals surface area contributed by atoms with Crippen molar-refractivity contribution in [3.8, 4) is 0 Å². The smallest absolute Gasteiger partial charge is 0.253 e. The van der Waals surface area contributed by atoms with Gasteiger partial charge in [-0.15, -0.1) is 0 Å². The molecule has 26 heavy (non-hydrogen) atoms. The summed E-state index contributed by atoms with van der Waals surface area (Å²) in [6.45, 7) is 0.671. The van der Waals surface area contributed by atoms with Gasteiger partial charge in [-0.3, -0.25) is 9.59 Å². The Kier molecular flexibility index (Phi) is 5.48. The van der Waals surface area contributed by atoms with E-state index in [1.165, 1.54) is 0 Å². The number of aliphatic hydroxyl groups excluding tert-OH is 1. The second kappa shape index (κ2) is 7.97. The number of β-amino-alcohol motifs (C(OH)–C–C–N with tert-alkyl or cyclic N) is 1. The van der Waals surface area contributed by atoms with Crippen LogP contribution in [-0.2, 0) is 0 Å². The van der Waals surface area contributed by atoms with Crippen LogP contribution in [0.1, 0.15) is 27.1 Å². The molecule has 0 aliphatic carbocycles. The SMILES string of the molecule is CNc1cc(C(=O)N[C@@H]2CCN(C(=O)c3ccccc3)C[C@H]2O)ccn1. The number of nitrogens with one attached hydrogen (secondary N) is 2. The number of carbonyl (C=O) groups is 2. The number of hydrogen-bond donors (Lipinski definition) is 3. The third-order valence-electron chi connectivity index (χ3n) is 4.48. The Hall–Kier alpha value is -2.93. The fourth-order valence-corrected chi connectivity index (χ4v) is 3.01. The van der Waals surface area contributed by atoms with E-state index >= 15 is 0 Å². The Morgan fingerprint density at radius 1 is 1.19 bits per heavy atom. The molecule has 0 unspecified atom stereocenters. The van der Waals surface area contributed by atoms with Crippen LogP contribution in [0.15, 0.2) is 48.7 Å². The minimum Gasteiger partial charge on any atom is -0.389 e. The average molecular weight is 354 g/mol. The van der Waals surface area contributed by atoms with E-state index in [0.717, 1.165) is 0 Å². The fourth-order valence-electron chi connectivity index (χ4n) is 3.01. The Morgan fingerprint density at radius 3 is 2.65 bits per heavy atom. The van der Waals surface area contributed by atoms with Crippen molar-refractivity contribution in [3.05, 3.63) is 59.8 Å². The van der Waals surface area contributed by atoms with Gasteiger partial charge in [0.25, 0.3) is 11.8 Å². The quantitative estimate of drug-likeness (QED) is 0.765. The van der Waals surface area contributed by atoms with E-state index in [2.05, 4.69) is 15.6 Å². The van der Waals surface area contributed by atoms with E-state index in [-0.39, 0.29) is 18.4 Å². The van der Waals surface area contributed by atoms with Gasteiger partial charge < -0.3 is 20.6 Å². The van der Waals surface area contributed by atoms with Crippen LogP contribution in [0.25, 0.3) is 0 Å². The number of piperidine rings is 1. The van der Waals surface area contributed by atoms with Gasteiger partial charge in [-0.25, -0.2) is 4.98 Å². The van der Waals surface area contributed by atoms with Gasteiger partial charge >= 0.3 is 0 Å². The second-order valence-electron chi connectivity index (χ2n) is 6.23. The summed E-state index contributed by atoms with van der Waals surface area (Å²) < 4.78 is 0. The highest BCUT2D eigenvalue weighted by atomic mass is 16.3. The van der Waals surface area contributed by atoms with Gasteiger partial charge in [0.2, 0.25) is 0 Å². The maximum atomic E-state index is 12.5. The Labute approximate surface area is 152 Å². The molecule has 1 saturated heterocycles. The molecule has 1 fully saturated rings. The van der Waals surface area contributed by atoms with Gasteiger partial charge in [-0.1, -0.05) is 18.2 Å². The van der Waals surface area contributed by atoms with Crippen LogP contribution in [0, 0.1) is 0 Å². The third-order valence-corrected chi connectivity index (χ3v) is 4.48. The lowest BCUT2D eigenvalue weighted by Crippen LogP contribution is -2.55. The zero-order valence-electron chi connectivity index (χ0n) is 14.6. The summed E-state index contributed by atoms with van der Waals surface area (Å²) in [6.07, 6.45) is 1.24. The molecule has 2 amide bonds. The first kappa shape index (κ1) is 17.9. The van der Waals surface area contributed by atoms with Gasteiger partial charge in [0.05, 0.1) is 12.1 Å². The minimum absolute atomic E-state index is 0.109. The largest absolute Gasteiger partial charge is 0.389 e. The third kappa shape index (κ3) is 4.00. The number of likely N-dealkylation sites (tertiary alicyclic amines) is 1. The second-order valence-corrected chi connectivity index (χ2v) is 6.23. The van der Waals surface area contributed by atoms with Crippen LogP contribution in [-0.4, -0.2) is 59.1 Å². The number of hydrogen-bond acceptors (Lipinski definition) is 5. The first-order chi connectivity index (χ1) is 12.6. The van der Waals surface area contributed by atoms with Gasteiger partial charge in [0, 0.05) is 37.5 Å². The van der Waals surface area contributed by atoms with Gasteiger partial charge in [0.15, 0.2) is 0 Å². The summed E-state index contributed by atoms with van der Waals surface area (Å²) in [5.41, 5.74) is 1.07. The number of pyridine rings is 1. The first-order valence-corrected chi connectivity index (χ1v) is 8.55. The molecule has 136 valence electrons. The summed E-state index contributed by atoms with van der Waals surface area (Å²) in [7, 11) is 1.73. The number of nitrogens with zero attached hydrogens (tertiary/aromatic N) is 2. The minimum atomic E-state index is -0.814. The highest BCUT2D eigenvalue weighted by molar-refractivity contribution is 5.95. The zero-order chi connectivity index (χ0) is 18.5. The van der Waals surface area contributed by atoms with Crippen molar-refractivity contribution in [3.63, 3.8) is 0 Å². The summed E-state index contributed by atoms with van der Waals surface area (Å²) >= 11 is 0. The molecular formula is C19H22N4O3. The molecule has 0 saturated carbocycles. The number of aromatic nitrogens is 1. The molecule has 2 aromatic rings. The van der Waals surface area contributed by atoms with E-state index < -0.39 is 12.1 Å². The summed E-state index contributed by atoms with van der Waals surface area (Å²) in [5, 5.41) is 16.1. The molecule has 0 spiro atoms. The number of amides is 2. The summed E-state index contributed by atoms with van der Waals surface area (Å²) in [4.78, 5) is 30.6. The number of benzene rings is 1. The van der Waals surface area contributed by atoms with Crippen molar-refractivity contribution < 1.29 is 14.7 Å². The summed E-state index contributed by atoms with van der Waals surface area (Å²) in [5.74, 6) is 0.222. The fraction of sp³-hybridized carbons (Fsp3) is 0.316. The van der Waals surface area contributed by atoms with Gasteiger partial charge in [0.1, 0.15) is 5.82 Å². The average Bonchev–Trinajstić information content (AvgIpc) is 2.69. The van der Waals surface area contributed by atoms with Gasteiger partial charge in [-0.2, -0.15) is 0 Å². The van der Waals surface area contributed by atoms with Crippen LogP contribution in [0.4, 0.5) is 5.82 Å². The molecule has 1 aliphatic rings. The molecule has 0 radical (unpaired) electrons. The van der Waals surface area contributed by atoms with Gasteiger partial charge in [-0.05, 0) is 30.7 Å². The van der Waals surface area contributed by atoms with E-state index in [0.29, 0.717) is 29.9 Å². The molecule has 2 atom stereocenters. The Morgan fingerprint density at radius 2 is 1.96 bits per heavy atom. The summed E-state index contributed by atoms with van der Waals surface area (Å²) in [6, 6.07) is 11.9. The van der Waals surface area contributed by atoms with Crippen molar-refractivity contribution >= 4 is 17.6 Å². The molecule has 1 aliphatic heterocycles. The Bertz CT molecular complexity index is 781. The Balaban J connectivity index is 1.60. The molecule has 3 N–H and O–H groups in total. The highest BCUT2D eigenvalue weighted by Gasteiger charge is 2.31. The van der Waals surface area contributed by atoms with Crippen LogP contribution in [0.3, 0.4) is 0 Å². The zero-order valence-corrected chi connectivity index (χ0v) is 14.6. The lowest BCUT2D eigenvalue weighted by Gasteiger charge is -2.36. The van der Waals surface area contributed by atoms with E-state index in [4.69, 9.17) is 0 Å². The lowest BCUT2D eigenvalue weighted by atomic mass is 10.0. The predicted molar refractivity (Wildman–Crippen MR) is 98.0 cm³/mol. The molecule has 2 heterocycles. The van der Waals surface area contributed by atoms with Crippen molar-refractivity contribution in [2.75, 3.05) is 25.5 Å². The predicted octanol–water partition coefficient (Wildman–Crippen LogP) is 1.13. The standard InChI is InChI=1S/C19H22N4O3/c1-20-17-11-14(7-9-21-17)18(25)22-15-8-10-23(12-16(15)24)19(26)13-5-3-2-4-6-13/h2-7,9,11,15-16,24H,8,10,12H2,1H3,(H,20,21)(H,22,25)/t15-,16-/m1/s1. The van der Waals surface area contributed by atoms with E-state index in [1.54, 1.807) is 42.4 Å². The molecular weight excluding hydrogens is 332 g/mol. The molecule has 0 bridgehead atoms. The number of aliphatic hydroxyl groups is 1. The van der Waals surface area contributed by atoms with Crippen LogP contribution in [0.2, 0.25) is 0 Å². The van der Waals surface area contributed by atoms with Crippen molar-refractivity contribution in [1.29, 1.82) is 0 Å². The van der Waals surface area contributed by atoms with Crippen molar-refractivity contribution in [2.45, 2.75) is 18.6 Å². The van der Waals surface area contributed by atoms with Crippen LogP contribution in [0.5, 0.6) is 0 Å². The first-order valence-electron chi connectivity index (χ1n) is 8.55. The van der Waals surface area contributed by atoms with Crippen molar-refractivity contribution in [2.24, 2.45) is 0 Å². The normalized spacial score (nSPS) is 19.7. The number of rotatable bonds is 4. The topological polar surface area (TPSA) is 94.6 Å². The highest BCUT2D eigenvalue weighted by Crippen LogP contribution is 2.16. The number of carbonyl (C=O) groups excluding carboxylic acids is 2. The maximum absolute atomic E-state index is 12.5. The maximum Gasteiger partial charge on any atom is 0.253 e. The van der Waals surface area contributed by atoms with E-state index in [9.17, 15) is 14.7 Å². The number of anilines is 1. The van der Waals surface area contributed by atoms with Crippen molar-refractivity contribution in [1.82, 2.24) is 15.2 Å². The molecule has 7 nitrogen and oxygen atoms in total. The van der Waals surface area contributed by atoms with Crippen LogP contribution < -0.4 is 10.6 Å². The molecule has 7 heteroatoms. The monoisotopic (exact) mass is 354 g/mol. The van der Waals surface area contributed by atoms with E-state index in [1.807, 2.05) is 18.2 Å².